The van der Waals surface area contributed by atoms with Crippen molar-refractivity contribution in [1.82, 2.24) is 5.32 Å². The van der Waals surface area contributed by atoms with Crippen molar-refractivity contribution in [1.29, 1.82) is 0 Å². The first-order chi connectivity index (χ1) is 8.31. The van der Waals surface area contributed by atoms with E-state index in [1.165, 1.54) is 5.56 Å². The standard InChI is InChI=1S/C14H20ClNO/c1-2-8-16-14(12-7-9-17-10-12)11-3-5-13(15)6-4-11/h3-6,12,14,16H,2,7-10H2,1H3. The minimum absolute atomic E-state index is 0.398. The number of rotatable bonds is 5. The average molecular weight is 254 g/mol. The molecule has 1 N–H and O–H groups in total. The van der Waals surface area contributed by atoms with E-state index in [2.05, 4.69) is 24.4 Å². The van der Waals surface area contributed by atoms with Crippen LogP contribution in [0.1, 0.15) is 31.4 Å². The minimum atomic E-state index is 0.398. The molecule has 1 aliphatic heterocycles. The molecule has 1 aromatic carbocycles. The Bertz CT molecular complexity index is 333. The van der Waals surface area contributed by atoms with Crippen LogP contribution in [0.3, 0.4) is 0 Å². The van der Waals surface area contributed by atoms with E-state index in [0.717, 1.165) is 37.6 Å². The van der Waals surface area contributed by atoms with E-state index in [9.17, 15) is 0 Å². The molecule has 0 aromatic heterocycles. The second-order valence-corrected chi connectivity index (χ2v) is 5.04. The Hall–Kier alpha value is -0.570. The Morgan fingerprint density at radius 2 is 2.18 bits per heavy atom. The van der Waals surface area contributed by atoms with Gasteiger partial charge >= 0.3 is 0 Å². The van der Waals surface area contributed by atoms with Gasteiger partial charge in [-0.05, 0) is 37.1 Å². The van der Waals surface area contributed by atoms with Gasteiger partial charge in [-0.1, -0.05) is 30.7 Å². The van der Waals surface area contributed by atoms with E-state index >= 15 is 0 Å². The molecular formula is C14H20ClNO. The van der Waals surface area contributed by atoms with Gasteiger partial charge in [0, 0.05) is 23.6 Å². The molecule has 3 heteroatoms. The number of hydrogen-bond donors (Lipinski definition) is 1. The lowest BCUT2D eigenvalue weighted by atomic mass is 9.92. The number of nitrogens with one attached hydrogen (secondary N) is 1. The summed E-state index contributed by atoms with van der Waals surface area (Å²) >= 11 is 5.94. The van der Waals surface area contributed by atoms with Crippen LogP contribution in [0.5, 0.6) is 0 Å². The van der Waals surface area contributed by atoms with Crippen molar-refractivity contribution in [2.45, 2.75) is 25.8 Å². The maximum atomic E-state index is 5.94. The van der Waals surface area contributed by atoms with E-state index in [4.69, 9.17) is 16.3 Å². The average Bonchev–Trinajstić information content (AvgIpc) is 2.85. The molecule has 2 nitrogen and oxygen atoms in total. The van der Waals surface area contributed by atoms with Crippen molar-refractivity contribution < 1.29 is 4.74 Å². The fourth-order valence-electron chi connectivity index (χ4n) is 2.34. The van der Waals surface area contributed by atoms with Crippen LogP contribution in [0.4, 0.5) is 0 Å². The number of hydrogen-bond acceptors (Lipinski definition) is 2. The van der Waals surface area contributed by atoms with Gasteiger partial charge in [0.05, 0.1) is 6.61 Å². The van der Waals surface area contributed by atoms with Crippen molar-refractivity contribution in [2.24, 2.45) is 5.92 Å². The fourth-order valence-corrected chi connectivity index (χ4v) is 2.47. The SMILES string of the molecule is CCCNC(c1ccc(Cl)cc1)C1CCOC1. The minimum Gasteiger partial charge on any atom is -0.381 e. The van der Waals surface area contributed by atoms with Gasteiger partial charge in [-0.2, -0.15) is 0 Å². The monoisotopic (exact) mass is 253 g/mol. The first kappa shape index (κ1) is 12.9. The van der Waals surface area contributed by atoms with Crippen molar-refractivity contribution in [3.05, 3.63) is 34.9 Å². The van der Waals surface area contributed by atoms with E-state index < -0.39 is 0 Å². The molecule has 2 rings (SSSR count). The predicted octanol–water partition coefficient (Wildman–Crippen LogP) is 3.42. The van der Waals surface area contributed by atoms with Gasteiger partial charge in [0.25, 0.3) is 0 Å². The lowest BCUT2D eigenvalue weighted by molar-refractivity contribution is 0.176. The Morgan fingerprint density at radius 3 is 2.76 bits per heavy atom. The van der Waals surface area contributed by atoms with Crippen molar-refractivity contribution in [3.63, 3.8) is 0 Å². The quantitative estimate of drug-likeness (QED) is 0.868. The Morgan fingerprint density at radius 1 is 1.41 bits per heavy atom. The van der Waals surface area contributed by atoms with Crippen LogP contribution >= 0.6 is 11.6 Å². The van der Waals surface area contributed by atoms with Gasteiger partial charge in [0.2, 0.25) is 0 Å². The molecule has 0 saturated carbocycles. The normalized spacial score (nSPS) is 21.6. The molecule has 0 spiro atoms. The summed E-state index contributed by atoms with van der Waals surface area (Å²) in [6.45, 7) is 4.99. The van der Waals surface area contributed by atoms with Crippen LogP contribution in [-0.2, 0) is 4.74 Å². The Balaban J connectivity index is 2.10. The van der Waals surface area contributed by atoms with Crippen LogP contribution in [0.15, 0.2) is 24.3 Å². The second kappa shape index (κ2) is 6.39. The molecule has 1 heterocycles. The summed E-state index contributed by atoms with van der Waals surface area (Å²) in [5, 5.41) is 4.42. The van der Waals surface area contributed by atoms with Gasteiger partial charge in [-0.15, -0.1) is 0 Å². The number of benzene rings is 1. The van der Waals surface area contributed by atoms with Crippen LogP contribution in [0, 0.1) is 5.92 Å². The molecule has 94 valence electrons. The Labute approximate surface area is 108 Å². The highest BCUT2D eigenvalue weighted by molar-refractivity contribution is 6.30. The van der Waals surface area contributed by atoms with Gasteiger partial charge in [0.1, 0.15) is 0 Å². The molecule has 17 heavy (non-hydrogen) atoms. The summed E-state index contributed by atoms with van der Waals surface area (Å²) < 4.78 is 5.50. The van der Waals surface area contributed by atoms with Gasteiger partial charge in [-0.3, -0.25) is 0 Å². The van der Waals surface area contributed by atoms with Crippen molar-refractivity contribution in [3.8, 4) is 0 Å². The third kappa shape index (κ3) is 3.44. The molecule has 1 aliphatic rings. The summed E-state index contributed by atoms with van der Waals surface area (Å²) in [5.41, 5.74) is 1.32. The molecule has 1 fully saturated rings. The molecule has 2 unspecified atom stereocenters. The summed E-state index contributed by atoms with van der Waals surface area (Å²) in [4.78, 5) is 0. The maximum Gasteiger partial charge on any atom is 0.0513 e. The zero-order valence-electron chi connectivity index (χ0n) is 10.3. The largest absolute Gasteiger partial charge is 0.381 e. The van der Waals surface area contributed by atoms with E-state index in [0.29, 0.717) is 12.0 Å². The van der Waals surface area contributed by atoms with Crippen LogP contribution < -0.4 is 5.32 Å². The summed E-state index contributed by atoms with van der Waals surface area (Å²) in [5.74, 6) is 0.586. The van der Waals surface area contributed by atoms with Gasteiger partial charge in [-0.25, -0.2) is 0 Å². The van der Waals surface area contributed by atoms with Crippen LogP contribution in [-0.4, -0.2) is 19.8 Å². The fraction of sp³-hybridized carbons (Fsp3) is 0.571. The lowest BCUT2D eigenvalue weighted by Gasteiger charge is -2.24. The third-order valence-corrected chi connectivity index (χ3v) is 3.53. The number of ether oxygens (including phenoxy) is 1. The van der Waals surface area contributed by atoms with Crippen LogP contribution in [0.25, 0.3) is 0 Å². The maximum absolute atomic E-state index is 5.94. The van der Waals surface area contributed by atoms with Crippen molar-refractivity contribution >= 4 is 11.6 Å². The van der Waals surface area contributed by atoms with Gasteiger partial charge in [0.15, 0.2) is 0 Å². The zero-order valence-corrected chi connectivity index (χ0v) is 11.0. The second-order valence-electron chi connectivity index (χ2n) is 4.61. The highest BCUT2D eigenvalue weighted by atomic mass is 35.5. The summed E-state index contributed by atoms with van der Waals surface area (Å²) in [6.07, 6.45) is 2.29. The first-order valence-corrected chi connectivity index (χ1v) is 6.75. The lowest BCUT2D eigenvalue weighted by Crippen LogP contribution is -2.29. The van der Waals surface area contributed by atoms with Crippen LogP contribution in [0.2, 0.25) is 5.02 Å². The molecule has 1 aromatic rings. The number of halogens is 1. The molecule has 0 aliphatic carbocycles. The predicted molar refractivity (Wildman–Crippen MR) is 71.4 cm³/mol. The molecule has 2 atom stereocenters. The van der Waals surface area contributed by atoms with E-state index in [1.807, 2.05) is 12.1 Å². The molecule has 0 amide bonds. The summed E-state index contributed by atoms with van der Waals surface area (Å²) in [7, 11) is 0. The zero-order chi connectivity index (χ0) is 12.1. The Kier molecular flexibility index (Phi) is 4.84. The molecular weight excluding hydrogens is 234 g/mol. The van der Waals surface area contributed by atoms with Gasteiger partial charge < -0.3 is 10.1 Å². The highest BCUT2D eigenvalue weighted by Gasteiger charge is 2.26. The third-order valence-electron chi connectivity index (χ3n) is 3.28. The van der Waals surface area contributed by atoms with Crippen molar-refractivity contribution in [2.75, 3.05) is 19.8 Å². The van der Waals surface area contributed by atoms with E-state index in [1.54, 1.807) is 0 Å². The topological polar surface area (TPSA) is 21.3 Å². The highest BCUT2D eigenvalue weighted by Crippen LogP contribution is 2.29. The van der Waals surface area contributed by atoms with E-state index in [-0.39, 0.29) is 0 Å². The smallest absolute Gasteiger partial charge is 0.0513 e. The molecule has 0 bridgehead atoms. The molecule has 1 saturated heterocycles. The molecule has 0 radical (unpaired) electrons. The summed E-state index contributed by atoms with van der Waals surface area (Å²) in [6, 6.07) is 8.57. The first-order valence-electron chi connectivity index (χ1n) is 6.38.